The van der Waals surface area contributed by atoms with Crippen molar-refractivity contribution in [1.82, 2.24) is 9.97 Å². The van der Waals surface area contributed by atoms with E-state index in [0.717, 1.165) is 52.3 Å². The molecule has 0 atom stereocenters. The molecule has 0 amide bonds. The van der Waals surface area contributed by atoms with Gasteiger partial charge in [-0.2, -0.15) is 5.26 Å². The van der Waals surface area contributed by atoms with Gasteiger partial charge in [-0.25, -0.2) is 9.97 Å². The average molecular weight is 642 g/mol. The minimum absolute atomic E-state index is 0.00759. The summed E-state index contributed by atoms with van der Waals surface area (Å²) in [4.78, 5) is 10.3. The molecule has 0 saturated heterocycles. The lowest BCUT2D eigenvalue weighted by Gasteiger charge is -2.36. The van der Waals surface area contributed by atoms with Crippen LogP contribution >= 0.6 is 0 Å². The van der Waals surface area contributed by atoms with Crippen LogP contribution in [-0.4, -0.2) is 9.97 Å². The molecule has 3 heteroatoms. The van der Waals surface area contributed by atoms with Crippen molar-refractivity contribution in [3.63, 3.8) is 0 Å². The van der Waals surface area contributed by atoms with Crippen LogP contribution in [0, 0.1) is 11.3 Å². The number of benzene rings is 6. The third-order valence-corrected chi connectivity index (χ3v) is 10.8. The fourth-order valence-corrected chi connectivity index (χ4v) is 8.38. The lowest BCUT2D eigenvalue weighted by molar-refractivity contribution is 0.353. The van der Waals surface area contributed by atoms with Crippen molar-refractivity contribution in [2.75, 3.05) is 0 Å². The van der Waals surface area contributed by atoms with Gasteiger partial charge in [0.2, 0.25) is 0 Å². The first kappa shape index (κ1) is 30.0. The van der Waals surface area contributed by atoms with E-state index in [2.05, 4.69) is 121 Å². The smallest absolute Gasteiger partial charge is 0.160 e. The molecule has 0 aliphatic heterocycles. The van der Waals surface area contributed by atoms with Crippen LogP contribution in [0.15, 0.2) is 152 Å². The van der Waals surface area contributed by atoms with Gasteiger partial charge in [0.1, 0.15) is 0 Å². The van der Waals surface area contributed by atoms with Crippen LogP contribution in [-0.2, 0) is 5.41 Å². The molecule has 1 fully saturated rings. The Morgan fingerprint density at radius 1 is 0.460 bits per heavy atom. The van der Waals surface area contributed by atoms with E-state index in [1.165, 1.54) is 58.2 Å². The van der Waals surface area contributed by atoms with Crippen LogP contribution in [0.25, 0.3) is 67.3 Å². The third-order valence-electron chi connectivity index (χ3n) is 10.8. The normalized spacial score (nSPS) is 14.1. The maximum Gasteiger partial charge on any atom is 0.160 e. The van der Waals surface area contributed by atoms with E-state index in [0.29, 0.717) is 5.56 Å². The summed E-state index contributed by atoms with van der Waals surface area (Å²) in [5, 5.41) is 9.38. The van der Waals surface area contributed by atoms with Crippen molar-refractivity contribution in [3.05, 3.63) is 168 Å². The Morgan fingerprint density at radius 3 is 1.84 bits per heavy atom. The monoisotopic (exact) mass is 641 g/mol. The molecule has 0 bridgehead atoms. The van der Waals surface area contributed by atoms with E-state index in [1.807, 2.05) is 36.4 Å². The second kappa shape index (κ2) is 12.4. The zero-order valence-corrected chi connectivity index (χ0v) is 27.8. The molecule has 1 aromatic heterocycles. The molecule has 2 aliphatic rings. The molecular weight excluding hydrogens is 607 g/mol. The van der Waals surface area contributed by atoms with E-state index in [9.17, 15) is 5.26 Å². The van der Waals surface area contributed by atoms with Crippen molar-refractivity contribution in [2.45, 2.75) is 37.5 Å². The number of hydrogen-bond acceptors (Lipinski definition) is 3. The van der Waals surface area contributed by atoms with Gasteiger partial charge in [-0.3, -0.25) is 0 Å². The van der Waals surface area contributed by atoms with Crippen molar-refractivity contribution < 1.29 is 0 Å². The van der Waals surface area contributed by atoms with Gasteiger partial charge in [0, 0.05) is 22.1 Å². The predicted octanol–water partition coefficient (Wildman–Crippen LogP) is 11.9. The number of hydrogen-bond donors (Lipinski definition) is 0. The minimum Gasteiger partial charge on any atom is -0.228 e. The summed E-state index contributed by atoms with van der Waals surface area (Å²) < 4.78 is 0. The molecule has 1 spiro atoms. The van der Waals surface area contributed by atoms with Gasteiger partial charge in [0.05, 0.1) is 23.0 Å². The maximum absolute atomic E-state index is 9.38. The Morgan fingerprint density at radius 2 is 1.10 bits per heavy atom. The highest BCUT2D eigenvalue weighted by atomic mass is 14.9. The van der Waals surface area contributed by atoms with Crippen molar-refractivity contribution in [1.29, 1.82) is 5.26 Å². The number of aromatic nitrogens is 2. The summed E-state index contributed by atoms with van der Waals surface area (Å²) >= 11 is 0. The summed E-state index contributed by atoms with van der Waals surface area (Å²) in [6.07, 6.45) is 6.05. The van der Waals surface area contributed by atoms with Gasteiger partial charge in [0.25, 0.3) is 0 Å². The van der Waals surface area contributed by atoms with Crippen molar-refractivity contribution in [3.8, 4) is 73.4 Å². The van der Waals surface area contributed by atoms with Crippen LogP contribution in [0.1, 0.15) is 48.8 Å². The Balaban J connectivity index is 1.24. The van der Waals surface area contributed by atoms with Crippen LogP contribution < -0.4 is 0 Å². The first-order valence-electron chi connectivity index (χ1n) is 17.6. The molecule has 6 aromatic carbocycles. The number of nitriles is 1. The number of nitrogens with zero attached hydrogens (tertiary/aromatic N) is 3. The quantitative estimate of drug-likeness (QED) is 0.188. The molecule has 1 saturated carbocycles. The highest BCUT2D eigenvalue weighted by Crippen LogP contribution is 2.59. The van der Waals surface area contributed by atoms with E-state index in [1.54, 1.807) is 0 Å². The summed E-state index contributed by atoms with van der Waals surface area (Å²) in [6, 6.07) is 55.8. The van der Waals surface area contributed by atoms with Gasteiger partial charge < -0.3 is 0 Å². The topological polar surface area (TPSA) is 49.6 Å². The molecule has 1 heterocycles. The van der Waals surface area contributed by atoms with E-state index < -0.39 is 0 Å². The second-order valence-corrected chi connectivity index (χ2v) is 13.6. The Hall–Kier alpha value is -6.11. The minimum atomic E-state index is -0.00759. The second-order valence-electron chi connectivity index (χ2n) is 13.6. The van der Waals surface area contributed by atoms with Gasteiger partial charge >= 0.3 is 0 Å². The molecule has 7 aromatic rings. The SMILES string of the molecule is N#Cc1ccc(-c2ccc3c(c2)C2(CCCCC2)c2cccc(-c4ccccc4-c4cc(-c5ccccc5)nc(-c5ccccc5)n4)c2-3)cc1. The molecule has 0 N–H and O–H groups in total. The van der Waals surface area contributed by atoms with Gasteiger partial charge in [0.15, 0.2) is 5.82 Å². The van der Waals surface area contributed by atoms with Crippen LogP contribution in [0.2, 0.25) is 0 Å². The van der Waals surface area contributed by atoms with Crippen molar-refractivity contribution in [2.24, 2.45) is 0 Å². The lowest BCUT2D eigenvalue weighted by Crippen LogP contribution is -2.28. The van der Waals surface area contributed by atoms with Crippen LogP contribution in [0.3, 0.4) is 0 Å². The predicted molar refractivity (Wildman–Crippen MR) is 203 cm³/mol. The zero-order chi connectivity index (χ0) is 33.5. The molecule has 3 nitrogen and oxygen atoms in total. The van der Waals surface area contributed by atoms with Gasteiger partial charge in [-0.15, -0.1) is 0 Å². The fraction of sp³-hybridized carbons (Fsp3) is 0.128. The fourth-order valence-electron chi connectivity index (χ4n) is 8.38. The Kier molecular flexibility index (Phi) is 7.44. The molecule has 0 unspecified atom stereocenters. The zero-order valence-electron chi connectivity index (χ0n) is 27.8. The van der Waals surface area contributed by atoms with E-state index >= 15 is 0 Å². The summed E-state index contributed by atoms with van der Waals surface area (Å²) in [6.45, 7) is 0. The summed E-state index contributed by atoms with van der Waals surface area (Å²) in [5.41, 5.74) is 16.0. The highest BCUT2D eigenvalue weighted by molar-refractivity contribution is 5.97. The summed E-state index contributed by atoms with van der Waals surface area (Å²) in [7, 11) is 0. The largest absolute Gasteiger partial charge is 0.228 e. The number of rotatable bonds is 5. The summed E-state index contributed by atoms with van der Waals surface area (Å²) in [5.74, 6) is 0.719. The van der Waals surface area contributed by atoms with Gasteiger partial charge in [-0.05, 0) is 81.6 Å². The maximum atomic E-state index is 9.38. The van der Waals surface area contributed by atoms with E-state index in [4.69, 9.17) is 9.97 Å². The van der Waals surface area contributed by atoms with Crippen LogP contribution in [0.4, 0.5) is 0 Å². The Labute approximate surface area is 293 Å². The molecule has 0 radical (unpaired) electrons. The first-order valence-corrected chi connectivity index (χ1v) is 17.6. The van der Waals surface area contributed by atoms with Crippen molar-refractivity contribution >= 4 is 0 Å². The van der Waals surface area contributed by atoms with Gasteiger partial charge in [-0.1, -0.05) is 147 Å². The highest BCUT2D eigenvalue weighted by Gasteiger charge is 2.44. The Bertz CT molecular complexity index is 2340. The lowest BCUT2D eigenvalue weighted by atomic mass is 9.67. The average Bonchev–Trinajstić information content (AvgIpc) is 3.46. The molecule has 2 aliphatic carbocycles. The number of fused-ring (bicyclic) bond motifs is 5. The molecule has 50 heavy (non-hydrogen) atoms. The molecule has 9 rings (SSSR count). The van der Waals surface area contributed by atoms with Crippen LogP contribution in [0.5, 0.6) is 0 Å². The third kappa shape index (κ3) is 5.04. The standard InChI is InChI=1S/C47H35N3/c48-31-32-21-23-33(24-22-32)36-25-26-40-42(29-36)47(27-10-3-11-28-47)41-20-12-19-39(45(40)41)37-17-8-9-18-38(37)44-30-43(34-13-4-1-5-14-34)49-46(50-44)35-15-6-2-7-16-35/h1-2,4-9,12-26,29-30H,3,10-11,27-28H2. The molecule has 238 valence electrons. The molecular formula is C47H35N3. The first-order chi connectivity index (χ1) is 24.7. The van der Waals surface area contributed by atoms with E-state index in [-0.39, 0.29) is 5.41 Å².